The number of amides is 1. The fraction of sp³-hybridized carbons (Fsp3) is 0.545. The number of allylic oxidation sites excluding steroid dienone is 1. The van der Waals surface area contributed by atoms with Gasteiger partial charge in [-0.1, -0.05) is 0 Å². The average Bonchev–Trinajstić information content (AvgIpc) is 2.34. The molecule has 6 nitrogen and oxygen atoms in total. The maximum Gasteiger partial charge on any atom is 0.330 e. The van der Waals surface area contributed by atoms with Gasteiger partial charge in [0.2, 0.25) is 6.41 Å². The summed E-state index contributed by atoms with van der Waals surface area (Å²) in [5, 5.41) is 0. The molecule has 0 atom stereocenters. The number of hydrogen-bond donors (Lipinski definition) is 0. The van der Waals surface area contributed by atoms with Crippen LogP contribution in [0.4, 0.5) is 0 Å². The van der Waals surface area contributed by atoms with Gasteiger partial charge < -0.3 is 14.4 Å². The standard InChI is InChI=1S/C11H17NO5/c1-2-16-8-5-12(10-14)6-9-17-11(15)4-3-7-13/h3-4,7,10H,2,5-6,8-9H2,1H3/b4-3+. The molecule has 0 saturated heterocycles. The zero-order valence-electron chi connectivity index (χ0n) is 9.83. The summed E-state index contributed by atoms with van der Waals surface area (Å²) in [5.41, 5.74) is 0. The monoisotopic (exact) mass is 243 g/mol. The zero-order valence-corrected chi connectivity index (χ0v) is 9.83. The number of carbonyl (C=O) groups excluding carboxylic acids is 3. The smallest absolute Gasteiger partial charge is 0.330 e. The predicted octanol–water partition coefficient (Wildman–Crippen LogP) is -0.220. The minimum Gasteiger partial charge on any atom is -0.461 e. The van der Waals surface area contributed by atoms with E-state index in [1.807, 2.05) is 6.92 Å². The van der Waals surface area contributed by atoms with Gasteiger partial charge in [-0.25, -0.2) is 4.79 Å². The largest absolute Gasteiger partial charge is 0.461 e. The van der Waals surface area contributed by atoms with Gasteiger partial charge in [0, 0.05) is 19.2 Å². The van der Waals surface area contributed by atoms with Gasteiger partial charge in [0.15, 0.2) is 0 Å². The third-order valence-corrected chi connectivity index (χ3v) is 1.81. The normalized spacial score (nSPS) is 10.2. The van der Waals surface area contributed by atoms with E-state index in [9.17, 15) is 14.4 Å². The van der Waals surface area contributed by atoms with Crippen LogP contribution >= 0.6 is 0 Å². The Morgan fingerprint density at radius 3 is 2.53 bits per heavy atom. The van der Waals surface area contributed by atoms with Crippen LogP contribution in [-0.2, 0) is 23.9 Å². The molecule has 0 rings (SSSR count). The van der Waals surface area contributed by atoms with Crippen molar-refractivity contribution < 1.29 is 23.9 Å². The van der Waals surface area contributed by atoms with Gasteiger partial charge in [-0.15, -0.1) is 0 Å². The third kappa shape index (κ3) is 9.25. The summed E-state index contributed by atoms with van der Waals surface area (Å²) >= 11 is 0. The quantitative estimate of drug-likeness (QED) is 0.229. The van der Waals surface area contributed by atoms with E-state index < -0.39 is 5.97 Å². The topological polar surface area (TPSA) is 72.9 Å². The highest BCUT2D eigenvalue weighted by atomic mass is 16.5. The van der Waals surface area contributed by atoms with Crippen molar-refractivity contribution in [1.29, 1.82) is 0 Å². The summed E-state index contributed by atoms with van der Waals surface area (Å²) in [6, 6.07) is 0. The van der Waals surface area contributed by atoms with E-state index in [2.05, 4.69) is 0 Å². The lowest BCUT2D eigenvalue weighted by Gasteiger charge is -2.16. The molecule has 0 saturated carbocycles. The van der Waals surface area contributed by atoms with Crippen LogP contribution in [0.5, 0.6) is 0 Å². The first-order valence-electron chi connectivity index (χ1n) is 5.30. The molecule has 0 aromatic rings. The van der Waals surface area contributed by atoms with Gasteiger partial charge in [-0.2, -0.15) is 0 Å². The lowest BCUT2D eigenvalue weighted by atomic mass is 10.5. The molecule has 0 unspecified atom stereocenters. The Labute approximate surface area is 100 Å². The van der Waals surface area contributed by atoms with E-state index in [4.69, 9.17) is 9.47 Å². The second-order valence-corrected chi connectivity index (χ2v) is 3.00. The van der Waals surface area contributed by atoms with Crippen molar-refractivity contribution in [2.45, 2.75) is 6.92 Å². The molecule has 0 aliphatic rings. The van der Waals surface area contributed by atoms with Crippen LogP contribution in [0.25, 0.3) is 0 Å². The molecule has 0 aromatic heterocycles. The van der Waals surface area contributed by atoms with E-state index in [1.54, 1.807) is 0 Å². The Morgan fingerprint density at radius 2 is 1.94 bits per heavy atom. The first-order chi connectivity index (χ1) is 8.24. The van der Waals surface area contributed by atoms with Crippen LogP contribution in [0.2, 0.25) is 0 Å². The van der Waals surface area contributed by atoms with E-state index >= 15 is 0 Å². The number of carbonyl (C=O) groups is 3. The van der Waals surface area contributed by atoms with Gasteiger partial charge in [0.1, 0.15) is 12.9 Å². The molecule has 0 radical (unpaired) electrons. The fourth-order valence-corrected chi connectivity index (χ4v) is 0.973. The fourth-order valence-electron chi connectivity index (χ4n) is 0.973. The van der Waals surface area contributed by atoms with E-state index in [1.165, 1.54) is 4.90 Å². The average molecular weight is 243 g/mol. The molecular formula is C11H17NO5. The van der Waals surface area contributed by atoms with Crippen LogP contribution in [0, 0.1) is 0 Å². The molecule has 0 fully saturated rings. The molecule has 0 heterocycles. The van der Waals surface area contributed by atoms with Crippen LogP contribution in [0.1, 0.15) is 6.92 Å². The van der Waals surface area contributed by atoms with Crippen molar-refractivity contribution in [3.05, 3.63) is 12.2 Å². The lowest BCUT2D eigenvalue weighted by Crippen LogP contribution is -2.30. The summed E-state index contributed by atoms with van der Waals surface area (Å²) in [6.45, 7) is 3.77. The van der Waals surface area contributed by atoms with E-state index in [-0.39, 0.29) is 6.61 Å². The van der Waals surface area contributed by atoms with Crippen molar-refractivity contribution in [3.63, 3.8) is 0 Å². The molecule has 0 aromatic carbocycles. The molecule has 96 valence electrons. The highest BCUT2D eigenvalue weighted by Gasteiger charge is 2.03. The van der Waals surface area contributed by atoms with Crippen molar-refractivity contribution in [3.8, 4) is 0 Å². The number of hydrogen-bond acceptors (Lipinski definition) is 5. The number of nitrogens with zero attached hydrogens (tertiary/aromatic N) is 1. The van der Waals surface area contributed by atoms with Crippen LogP contribution < -0.4 is 0 Å². The highest BCUT2D eigenvalue weighted by Crippen LogP contribution is 1.87. The molecule has 0 spiro atoms. The SMILES string of the molecule is CCOCCN(C=O)CCOC(=O)/C=C/C=O. The van der Waals surface area contributed by atoms with Crippen LogP contribution in [0.15, 0.2) is 12.2 Å². The highest BCUT2D eigenvalue weighted by molar-refractivity contribution is 5.86. The second-order valence-electron chi connectivity index (χ2n) is 3.00. The predicted molar refractivity (Wildman–Crippen MR) is 60.3 cm³/mol. The van der Waals surface area contributed by atoms with Crippen LogP contribution in [-0.4, -0.2) is 56.5 Å². The number of rotatable bonds is 10. The molecule has 0 bridgehead atoms. The Bertz CT molecular complexity index is 265. The summed E-state index contributed by atoms with van der Waals surface area (Å²) in [7, 11) is 0. The molecule has 6 heteroatoms. The van der Waals surface area contributed by atoms with Gasteiger partial charge in [0.25, 0.3) is 0 Å². The van der Waals surface area contributed by atoms with E-state index in [0.717, 1.165) is 12.2 Å². The number of esters is 1. The summed E-state index contributed by atoms with van der Waals surface area (Å²) in [6.07, 6.45) is 3.24. The van der Waals surface area contributed by atoms with Gasteiger partial charge in [-0.3, -0.25) is 9.59 Å². The molecule has 0 aliphatic carbocycles. The summed E-state index contributed by atoms with van der Waals surface area (Å²) in [5.74, 6) is -0.604. The van der Waals surface area contributed by atoms with Crippen molar-refractivity contribution in [2.24, 2.45) is 0 Å². The minimum atomic E-state index is -0.604. The Balaban J connectivity index is 3.68. The van der Waals surface area contributed by atoms with Crippen molar-refractivity contribution in [2.75, 3.05) is 32.9 Å². The van der Waals surface area contributed by atoms with Crippen molar-refractivity contribution >= 4 is 18.7 Å². The zero-order chi connectivity index (χ0) is 12.9. The summed E-state index contributed by atoms with van der Waals surface area (Å²) in [4.78, 5) is 32.9. The Hall–Kier alpha value is -1.69. The molecule has 0 aliphatic heterocycles. The summed E-state index contributed by atoms with van der Waals surface area (Å²) < 4.78 is 9.84. The first kappa shape index (κ1) is 15.3. The molecule has 0 N–H and O–H groups in total. The Kier molecular flexibility index (Phi) is 9.74. The third-order valence-electron chi connectivity index (χ3n) is 1.81. The van der Waals surface area contributed by atoms with Crippen molar-refractivity contribution in [1.82, 2.24) is 4.90 Å². The van der Waals surface area contributed by atoms with Gasteiger partial charge in [-0.05, 0) is 13.0 Å². The number of ether oxygens (including phenoxy) is 2. The first-order valence-corrected chi connectivity index (χ1v) is 5.30. The minimum absolute atomic E-state index is 0.0902. The Morgan fingerprint density at radius 1 is 1.24 bits per heavy atom. The maximum atomic E-state index is 10.9. The molecule has 17 heavy (non-hydrogen) atoms. The molecule has 1 amide bonds. The van der Waals surface area contributed by atoms with Crippen LogP contribution in [0.3, 0.4) is 0 Å². The maximum absolute atomic E-state index is 10.9. The van der Waals surface area contributed by atoms with Gasteiger partial charge >= 0.3 is 5.97 Å². The lowest BCUT2D eigenvalue weighted by molar-refractivity contribution is -0.139. The second kappa shape index (κ2) is 10.8. The van der Waals surface area contributed by atoms with Gasteiger partial charge in [0.05, 0.1) is 13.2 Å². The molecular weight excluding hydrogens is 226 g/mol. The van der Waals surface area contributed by atoms with E-state index in [0.29, 0.717) is 39.0 Å². The number of aldehydes is 1.